The largest absolute Gasteiger partial charge is 0.354 e. The Labute approximate surface area is 157 Å². The maximum atomic E-state index is 12.4. The van der Waals surface area contributed by atoms with Crippen molar-refractivity contribution in [2.24, 2.45) is 5.92 Å². The minimum absolute atomic E-state index is 0.171. The van der Waals surface area contributed by atoms with Crippen LogP contribution in [0.4, 0.5) is 11.5 Å². The third kappa shape index (κ3) is 4.20. The van der Waals surface area contributed by atoms with Crippen LogP contribution in [0.15, 0.2) is 18.3 Å². The molecule has 1 aliphatic heterocycles. The highest BCUT2D eigenvalue weighted by Gasteiger charge is 2.26. The fourth-order valence-corrected chi connectivity index (χ4v) is 4.84. The van der Waals surface area contributed by atoms with Gasteiger partial charge in [-0.15, -0.1) is 0 Å². The highest BCUT2D eigenvalue weighted by atomic mass is 16.1. The van der Waals surface area contributed by atoms with E-state index < -0.39 is 0 Å². The summed E-state index contributed by atoms with van der Waals surface area (Å²) in [5, 5.41) is 3.06. The first-order chi connectivity index (χ1) is 12.8. The lowest BCUT2D eigenvalue weighted by atomic mass is 9.88. The number of amides is 1. The molecule has 3 aliphatic rings. The molecule has 2 heterocycles. The van der Waals surface area contributed by atoms with Crippen LogP contribution in [-0.4, -0.2) is 48.0 Å². The van der Waals surface area contributed by atoms with Crippen molar-refractivity contribution < 1.29 is 4.79 Å². The molecule has 0 atom stereocenters. The van der Waals surface area contributed by atoms with Gasteiger partial charge < -0.3 is 10.2 Å². The predicted octanol–water partition coefficient (Wildman–Crippen LogP) is 3.67. The average molecular weight is 357 g/mol. The Morgan fingerprint density at radius 1 is 0.923 bits per heavy atom. The Hall–Kier alpha value is -1.62. The maximum absolute atomic E-state index is 12.4. The molecule has 2 aliphatic carbocycles. The van der Waals surface area contributed by atoms with Gasteiger partial charge >= 0.3 is 0 Å². The lowest BCUT2D eigenvalue weighted by molar-refractivity contribution is -0.120. The summed E-state index contributed by atoms with van der Waals surface area (Å²) >= 11 is 0. The van der Waals surface area contributed by atoms with Crippen LogP contribution < -0.4 is 10.2 Å². The molecule has 1 N–H and O–H groups in total. The Kier molecular flexibility index (Phi) is 5.73. The molecule has 0 bridgehead atoms. The highest BCUT2D eigenvalue weighted by Crippen LogP contribution is 2.26. The summed E-state index contributed by atoms with van der Waals surface area (Å²) in [5.41, 5.74) is 0.828. The van der Waals surface area contributed by atoms with Gasteiger partial charge in [0.15, 0.2) is 0 Å². The molecule has 1 amide bonds. The average Bonchev–Trinajstić information content (AvgIpc) is 3.24. The molecule has 26 heavy (non-hydrogen) atoms. The summed E-state index contributed by atoms with van der Waals surface area (Å²) in [4.78, 5) is 22.0. The van der Waals surface area contributed by atoms with E-state index in [1.54, 1.807) is 0 Å². The highest BCUT2D eigenvalue weighted by molar-refractivity contribution is 5.92. The zero-order valence-electron chi connectivity index (χ0n) is 15.8. The second-order valence-corrected chi connectivity index (χ2v) is 8.19. The van der Waals surface area contributed by atoms with Crippen LogP contribution in [0, 0.1) is 5.92 Å². The van der Waals surface area contributed by atoms with Crippen LogP contribution in [0.2, 0.25) is 0 Å². The Balaban J connectivity index is 1.28. The van der Waals surface area contributed by atoms with Gasteiger partial charge in [0.1, 0.15) is 5.82 Å². The SMILES string of the molecule is O=C(Nc1ccc(N2CCN(C3CCCC3)CC2)nc1)C1CCCCC1. The summed E-state index contributed by atoms with van der Waals surface area (Å²) in [6.45, 7) is 4.40. The second kappa shape index (κ2) is 8.38. The first-order valence-corrected chi connectivity index (χ1v) is 10.6. The van der Waals surface area contributed by atoms with E-state index in [1.165, 1.54) is 44.9 Å². The molecule has 0 unspecified atom stereocenters. The predicted molar refractivity (Wildman–Crippen MR) is 105 cm³/mol. The number of hydrogen-bond acceptors (Lipinski definition) is 4. The first-order valence-electron chi connectivity index (χ1n) is 10.6. The maximum Gasteiger partial charge on any atom is 0.227 e. The van der Waals surface area contributed by atoms with Crippen LogP contribution >= 0.6 is 0 Å². The van der Waals surface area contributed by atoms with Crippen LogP contribution in [0.5, 0.6) is 0 Å². The summed E-state index contributed by atoms with van der Waals surface area (Å²) in [5.74, 6) is 1.39. The smallest absolute Gasteiger partial charge is 0.227 e. The lowest BCUT2D eigenvalue weighted by Crippen LogP contribution is -2.49. The van der Waals surface area contributed by atoms with E-state index in [0.29, 0.717) is 0 Å². The Morgan fingerprint density at radius 2 is 1.62 bits per heavy atom. The molecule has 1 saturated heterocycles. The standard InChI is InChI=1S/C21H32N4O/c26-21(17-6-2-1-3-7-17)23-18-10-11-20(22-16-18)25-14-12-24(13-15-25)19-8-4-5-9-19/h10-11,16-17,19H,1-9,12-15H2,(H,23,26). The monoisotopic (exact) mass is 356 g/mol. The molecule has 4 rings (SSSR count). The fraction of sp³-hybridized carbons (Fsp3) is 0.714. The summed E-state index contributed by atoms with van der Waals surface area (Å²) < 4.78 is 0. The Bertz CT molecular complexity index is 583. The van der Waals surface area contributed by atoms with E-state index in [1.807, 2.05) is 12.3 Å². The first kappa shape index (κ1) is 17.8. The van der Waals surface area contributed by atoms with Crippen molar-refractivity contribution >= 4 is 17.4 Å². The van der Waals surface area contributed by atoms with Crippen molar-refractivity contribution in [1.29, 1.82) is 0 Å². The van der Waals surface area contributed by atoms with Crippen LogP contribution in [0.1, 0.15) is 57.8 Å². The molecule has 0 radical (unpaired) electrons. The van der Waals surface area contributed by atoms with Crippen molar-refractivity contribution in [3.63, 3.8) is 0 Å². The van der Waals surface area contributed by atoms with Gasteiger partial charge in [-0.3, -0.25) is 9.69 Å². The molecule has 5 heteroatoms. The molecule has 0 aromatic carbocycles. The van der Waals surface area contributed by atoms with Crippen LogP contribution in [0.25, 0.3) is 0 Å². The number of piperazine rings is 1. The van der Waals surface area contributed by atoms with Gasteiger partial charge in [-0.2, -0.15) is 0 Å². The van der Waals surface area contributed by atoms with Gasteiger partial charge in [0, 0.05) is 38.1 Å². The van der Waals surface area contributed by atoms with Crippen molar-refractivity contribution in [2.45, 2.75) is 63.8 Å². The van der Waals surface area contributed by atoms with E-state index in [4.69, 9.17) is 0 Å². The third-order valence-electron chi connectivity index (χ3n) is 6.47. The normalized spacial score (nSPS) is 23.3. The topological polar surface area (TPSA) is 48.5 Å². The molecular formula is C21H32N4O. The number of rotatable bonds is 4. The number of anilines is 2. The zero-order chi connectivity index (χ0) is 17.8. The van der Waals surface area contributed by atoms with Crippen molar-refractivity contribution in [3.05, 3.63) is 18.3 Å². The van der Waals surface area contributed by atoms with Gasteiger partial charge in [-0.25, -0.2) is 4.98 Å². The van der Waals surface area contributed by atoms with E-state index in [9.17, 15) is 4.79 Å². The summed E-state index contributed by atoms with van der Waals surface area (Å²) in [6.07, 6.45) is 13.1. The van der Waals surface area contributed by atoms with E-state index in [2.05, 4.69) is 26.2 Å². The molecule has 3 fully saturated rings. The number of pyridine rings is 1. The molecular weight excluding hydrogens is 324 g/mol. The van der Waals surface area contributed by atoms with Crippen molar-refractivity contribution in [1.82, 2.24) is 9.88 Å². The van der Waals surface area contributed by atoms with Crippen molar-refractivity contribution in [2.75, 3.05) is 36.4 Å². The quantitative estimate of drug-likeness (QED) is 0.894. The van der Waals surface area contributed by atoms with Crippen LogP contribution in [0.3, 0.4) is 0 Å². The molecule has 0 spiro atoms. The minimum atomic E-state index is 0.171. The van der Waals surface area contributed by atoms with Gasteiger partial charge in [-0.1, -0.05) is 32.1 Å². The number of hydrogen-bond donors (Lipinski definition) is 1. The molecule has 142 valence electrons. The Morgan fingerprint density at radius 3 is 2.27 bits per heavy atom. The summed E-state index contributed by atoms with van der Waals surface area (Å²) in [7, 11) is 0. The molecule has 1 aromatic rings. The lowest BCUT2D eigenvalue weighted by Gasteiger charge is -2.38. The second-order valence-electron chi connectivity index (χ2n) is 8.19. The van der Waals surface area contributed by atoms with Gasteiger partial charge in [0.25, 0.3) is 0 Å². The van der Waals surface area contributed by atoms with E-state index in [0.717, 1.165) is 56.6 Å². The summed E-state index contributed by atoms with van der Waals surface area (Å²) in [6, 6.07) is 4.89. The number of nitrogens with one attached hydrogen (secondary N) is 1. The minimum Gasteiger partial charge on any atom is -0.354 e. The fourth-order valence-electron chi connectivity index (χ4n) is 4.84. The number of carbonyl (C=O) groups excluding carboxylic acids is 1. The van der Waals surface area contributed by atoms with Gasteiger partial charge in [0.2, 0.25) is 5.91 Å². The number of aromatic nitrogens is 1. The number of nitrogens with zero attached hydrogens (tertiary/aromatic N) is 3. The zero-order valence-corrected chi connectivity index (χ0v) is 15.8. The molecule has 2 saturated carbocycles. The number of carbonyl (C=O) groups is 1. The van der Waals surface area contributed by atoms with E-state index in [-0.39, 0.29) is 11.8 Å². The van der Waals surface area contributed by atoms with Crippen molar-refractivity contribution in [3.8, 4) is 0 Å². The van der Waals surface area contributed by atoms with Crippen LogP contribution in [-0.2, 0) is 4.79 Å². The third-order valence-corrected chi connectivity index (χ3v) is 6.47. The van der Waals surface area contributed by atoms with Gasteiger partial charge in [0.05, 0.1) is 11.9 Å². The molecule has 5 nitrogen and oxygen atoms in total. The molecule has 1 aromatic heterocycles. The van der Waals surface area contributed by atoms with E-state index >= 15 is 0 Å². The van der Waals surface area contributed by atoms with Gasteiger partial charge in [-0.05, 0) is 37.8 Å².